The first-order valence-electron chi connectivity index (χ1n) is 5.41. The number of hydrogen-bond acceptors (Lipinski definition) is 0. The van der Waals surface area contributed by atoms with Gasteiger partial charge in [-0.05, 0) is 46.9 Å². The highest BCUT2D eigenvalue weighted by Crippen LogP contribution is 2.17. The first-order valence-corrected chi connectivity index (χ1v) is 5.41. The van der Waals surface area contributed by atoms with Crippen molar-refractivity contribution in [2.75, 3.05) is 0 Å². The third-order valence-electron chi connectivity index (χ3n) is 2.51. The number of rotatable bonds is 4. The second-order valence-corrected chi connectivity index (χ2v) is 3.78. The summed E-state index contributed by atoms with van der Waals surface area (Å²) in [5.74, 6) is 0. The quantitative estimate of drug-likeness (QED) is 0.666. The Morgan fingerprint density at radius 2 is 1.25 bits per heavy atom. The molecule has 0 aliphatic rings. The van der Waals surface area contributed by atoms with Crippen LogP contribution >= 0.6 is 0 Å². The number of fused-ring (bicyclic) bond motifs is 1. The van der Waals surface area contributed by atoms with Crippen LogP contribution in [-0.2, 0) is 12.8 Å². The maximum Gasteiger partial charge on any atom is -0.00608 e. The molecule has 0 saturated carbocycles. The van der Waals surface area contributed by atoms with E-state index in [1.807, 2.05) is 12.2 Å². The van der Waals surface area contributed by atoms with Crippen LogP contribution in [0.25, 0.3) is 10.8 Å². The Morgan fingerprint density at radius 1 is 0.812 bits per heavy atom. The highest BCUT2D eigenvalue weighted by Gasteiger charge is 1.98. The van der Waals surface area contributed by atoms with Crippen LogP contribution in [0.3, 0.4) is 0 Å². The van der Waals surface area contributed by atoms with Gasteiger partial charge in [-0.15, -0.1) is 13.2 Å². The smallest absolute Gasteiger partial charge is 0.00608 e. The lowest BCUT2D eigenvalue weighted by Gasteiger charge is -2.02. The molecule has 16 heavy (non-hydrogen) atoms. The van der Waals surface area contributed by atoms with Gasteiger partial charge in [0.15, 0.2) is 0 Å². The molecule has 2 aromatic rings. The lowest BCUT2D eigenvalue weighted by molar-refractivity contribution is 1.27. The SMILES string of the molecule is C=CCc1[c]c2ccc(CC=C)[c]c2cc1. The van der Waals surface area contributed by atoms with Crippen molar-refractivity contribution < 1.29 is 0 Å². The summed E-state index contributed by atoms with van der Waals surface area (Å²) in [5, 5.41) is 2.24. The molecule has 0 nitrogen and oxygen atoms in total. The lowest BCUT2D eigenvalue weighted by atomic mass is 10.0. The fraction of sp³-hybridized carbons (Fsp3) is 0.125. The molecule has 2 aromatic carbocycles. The minimum atomic E-state index is 0.865. The summed E-state index contributed by atoms with van der Waals surface area (Å²) in [6.07, 6.45) is 5.52. The second-order valence-electron chi connectivity index (χ2n) is 3.78. The maximum absolute atomic E-state index is 3.74. The Morgan fingerprint density at radius 3 is 1.62 bits per heavy atom. The van der Waals surface area contributed by atoms with Crippen LogP contribution in [0, 0.1) is 12.1 Å². The summed E-state index contributed by atoms with van der Waals surface area (Å²) in [7, 11) is 0. The molecule has 0 bridgehead atoms. The molecule has 0 heterocycles. The van der Waals surface area contributed by atoms with Crippen LogP contribution in [0.5, 0.6) is 0 Å². The van der Waals surface area contributed by atoms with Crippen molar-refractivity contribution in [2.45, 2.75) is 12.8 Å². The van der Waals surface area contributed by atoms with Gasteiger partial charge in [0, 0.05) is 0 Å². The zero-order valence-corrected chi connectivity index (χ0v) is 9.29. The Bertz CT molecular complexity index is 471. The van der Waals surface area contributed by atoms with Crippen LogP contribution in [0.1, 0.15) is 11.1 Å². The summed E-state index contributed by atoms with van der Waals surface area (Å²) in [6.45, 7) is 7.47. The van der Waals surface area contributed by atoms with E-state index in [2.05, 4.69) is 49.6 Å². The molecule has 2 radical (unpaired) electrons. The van der Waals surface area contributed by atoms with Crippen molar-refractivity contribution in [3.05, 3.63) is 72.8 Å². The fourth-order valence-corrected chi connectivity index (χ4v) is 1.74. The van der Waals surface area contributed by atoms with Crippen molar-refractivity contribution in [1.82, 2.24) is 0 Å². The van der Waals surface area contributed by atoms with Gasteiger partial charge in [-0.2, -0.15) is 0 Å². The Hall–Kier alpha value is -1.82. The van der Waals surface area contributed by atoms with Gasteiger partial charge in [-0.1, -0.05) is 36.4 Å². The minimum absolute atomic E-state index is 0.865. The average molecular weight is 206 g/mol. The second kappa shape index (κ2) is 4.80. The number of hydrogen-bond donors (Lipinski definition) is 0. The zero-order chi connectivity index (χ0) is 11.4. The van der Waals surface area contributed by atoms with Crippen molar-refractivity contribution in [3.8, 4) is 0 Å². The van der Waals surface area contributed by atoms with E-state index in [9.17, 15) is 0 Å². The predicted molar refractivity (Wildman–Crippen MR) is 69.4 cm³/mol. The molecule has 0 saturated heterocycles. The third-order valence-corrected chi connectivity index (χ3v) is 2.51. The predicted octanol–water partition coefficient (Wildman–Crippen LogP) is 3.90. The molecular formula is C16H14. The van der Waals surface area contributed by atoms with Crippen LogP contribution in [0.15, 0.2) is 49.6 Å². The van der Waals surface area contributed by atoms with Crippen LogP contribution in [0.2, 0.25) is 0 Å². The van der Waals surface area contributed by atoms with Crippen molar-refractivity contribution in [3.63, 3.8) is 0 Å². The van der Waals surface area contributed by atoms with Gasteiger partial charge in [0.1, 0.15) is 0 Å². The summed E-state index contributed by atoms with van der Waals surface area (Å²) < 4.78 is 0. The van der Waals surface area contributed by atoms with E-state index in [1.54, 1.807) is 0 Å². The van der Waals surface area contributed by atoms with Gasteiger partial charge in [0.05, 0.1) is 0 Å². The number of benzene rings is 2. The molecule has 0 heteroatoms. The third kappa shape index (κ3) is 2.22. The van der Waals surface area contributed by atoms with Gasteiger partial charge >= 0.3 is 0 Å². The molecule has 0 amide bonds. The van der Waals surface area contributed by atoms with Crippen molar-refractivity contribution >= 4 is 10.8 Å². The topological polar surface area (TPSA) is 0 Å². The van der Waals surface area contributed by atoms with Gasteiger partial charge in [0.2, 0.25) is 0 Å². The normalized spacial score (nSPS) is 10.2. The molecule has 0 spiro atoms. The van der Waals surface area contributed by atoms with Gasteiger partial charge in [-0.3, -0.25) is 0 Å². The highest BCUT2D eigenvalue weighted by atomic mass is 14.0. The van der Waals surface area contributed by atoms with E-state index in [-0.39, 0.29) is 0 Å². The van der Waals surface area contributed by atoms with E-state index in [1.165, 1.54) is 11.1 Å². The monoisotopic (exact) mass is 206 g/mol. The molecule has 0 aliphatic heterocycles. The summed E-state index contributed by atoms with van der Waals surface area (Å²) in [6, 6.07) is 15.1. The molecule has 0 fully saturated rings. The van der Waals surface area contributed by atoms with Crippen molar-refractivity contribution in [2.24, 2.45) is 0 Å². The molecule has 0 unspecified atom stereocenters. The number of allylic oxidation sites excluding steroid dienone is 2. The first-order chi connectivity index (χ1) is 7.83. The van der Waals surface area contributed by atoms with Crippen LogP contribution in [0.4, 0.5) is 0 Å². The summed E-state index contributed by atoms with van der Waals surface area (Å²) >= 11 is 0. The minimum Gasteiger partial charge on any atom is -0.103 e. The standard InChI is InChI=1S/C16H14/c1-3-5-13-7-9-16-12-14(6-4-2)8-10-15(16)11-13/h3-4,7-10H,1-2,5-6H2. The molecule has 0 atom stereocenters. The average Bonchev–Trinajstić information content (AvgIpc) is 2.30. The van der Waals surface area contributed by atoms with E-state index < -0.39 is 0 Å². The largest absolute Gasteiger partial charge is 0.103 e. The molecule has 2 rings (SSSR count). The highest BCUT2D eigenvalue weighted by molar-refractivity contribution is 5.82. The molecular weight excluding hydrogens is 192 g/mol. The Balaban J connectivity index is 2.43. The van der Waals surface area contributed by atoms with Gasteiger partial charge in [-0.25, -0.2) is 0 Å². The molecule has 78 valence electrons. The summed E-state index contributed by atoms with van der Waals surface area (Å²) in [4.78, 5) is 0. The van der Waals surface area contributed by atoms with Crippen LogP contribution < -0.4 is 0 Å². The molecule has 0 N–H and O–H groups in total. The molecule has 0 aliphatic carbocycles. The first kappa shape index (κ1) is 10.7. The van der Waals surface area contributed by atoms with Crippen LogP contribution in [-0.4, -0.2) is 0 Å². The maximum atomic E-state index is 3.74. The van der Waals surface area contributed by atoms with Crippen molar-refractivity contribution in [1.29, 1.82) is 0 Å². The Kier molecular flexibility index (Phi) is 3.21. The van der Waals surface area contributed by atoms with E-state index >= 15 is 0 Å². The summed E-state index contributed by atoms with van der Waals surface area (Å²) in [5.41, 5.74) is 2.35. The lowest BCUT2D eigenvalue weighted by Crippen LogP contribution is -1.85. The molecule has 0 aromatic heterocycles. The zero-order valence-electron chi connectivity index (χ0n) is 9.29. The van der Waals surface area contributed by atoms with E-state index in [0.717, 1.165) is 23.6 Å². The van der Waals surface area contributed by atoms with E-state index in [0.29, 0.717) is 0 Å². The van der Waals surface area contributed by atoms with E-state index in [4.69, 9.17) is 0 Å². The Labute approximate surface area is 96.9 Å². The fourth-order valence-electron chi connectivity index (χ4n) is 1.74. The van der Waals surface area contributed by atoms with Gasteiger partial charge < -0.3 is 0 Å². The van der Waals surface area contributed by atoms with Gasteiger partial charge in [0.25, 0.3) is 0 Å².